The molecule has 3 aromatic rings. The number of anilines is 2. The van der Waals surface area contributed by atoms with Gasteiger partial charge in [-0.1, -0.05) is 43.2 Å². The predicted molar refractivity (Wildman–Crippen MR) is 188 cm³/mol. The van der Waals surface area contributed by atoms with Gasteiger partial charge in [0.15, 0.2) is 0 Å². The average molecular weight is 772 g/mol. The molecule has 0 unspecified atom stereocenters. The minimum atomic E-state index is -4.56. The molecule has 52 heavy (non-hydrogen) atoms. The van der Waals surface area contributed by atoms with Crippen molar-refractivity contribution in [3.63, 3.8) is 0 Å². The maximum atomic E-state index is 14.9. The third-order valence-corrected chi connectivity index (χ3v) is 10.8. The van der Waals surface area contributed by atoms with Crippen LogP contribution in [0.15, 0.2) is 60.7 Å². The summed E-state index contributed by atoms with van der Waals surface area (Å²) < 4.78 is 111. The topological polar surface area (TPSA) is 170 Å². The van der Waals surface area contributed by atoms with Gasteiger partial charge in [-0.15, -0.1) is 0 Å². The molecule has 2 aliphatic rings. The van der Waals surface area contributed by atoms with E-state index in [9.17, 15) is 44.0 Å². The second kappa shape index (κ2) is 16.7. The zero-order valence-electron chi connectivity index (χ0n) is 28.5. The van der Waals surface area contributed by atoms with Gasteiger partial charge in [0.05, 0.1) is 34.6 Å². The summed E-state index contributed by atoms with van der Waals surface area (Å²) in [4.78, 5) is 29.1. The normalized spacial score (nSPS) is 18.3. The number of benzene rings is 3. The highest BCUT2D eigenvalue weighted by Gasteiger charge is 2.41. The number of amides is 2. The number of piperidine rings is 1. The van der Waals surface area contributed by atoms with Gasteiger partial charge in [-0.3, -0.25) is 18.7 Å². The molecule has 0 bridgehead atoms. The smallest absolute Gasteiger partial charge is 0.382 e. The molecule has 284 valence electrons. The first-order valence-electron chi connectivity index (χ1n) is 16.5. The first kappa shape index (κ1) is 40.7. The van der Waals surface area contributed by atoms with Crippen LogP contribution in [0.25, 0.3) is 0 Å². The van der Waals surface area contributed by atoms with Gasteiger partial charge in [-0.2, -0.15) is 30.0 Å². The Morgan fingerprint density at radius 1 is 0.827 bits per heavy atom. The molecule has 2 fully saturated rings. The Morgan fingerprint density at radius 2 is 1.42 bits per heavy atom. The molecule has 2 amide bonds. The largest absolute Gasteiger partial charge is 0.416 e. The lowest BCUT2D eigenvalue weighted by Gasteiger charge is -2.41. The van der Waals surface area contributed by atoms with Crippen LogP contribution in [0.3, 0.4) is 0 Å². The highest BCUT2D eigenvalue weighted by molar-refractivity contribution is 7.89. The van der Waals surface area contributed by atoms with Crippen LogP contribution in [0.2, 0.25) is 0 Å². The minimum Gasteiger partial charge on any atom is -0.382 e. The summed E-state index contributed by atoms with van der Waals surface area (Å²) in [6.07, 6.45) is 0.915. The van der Waals surface area contributed by atoms with Gasteiger partial charge >= 0.3 is 6.18 Å². The fourth-order valence-corrected chi connectivity index (χ4v) is 8.17. The summed E-state index contributed by atoms with van der Waals surface area (Å²) in [5, 5.41) is 6.20. The molecule has 3 aromatic carbocycles. The summed E-state index contributed by atoms with van der Waals surface area (Å²) in [6.45, 7) is 3.34. The molecule has 1 aliphatic carbocycles. The third-order valence-electron chi connectivity index (χ3n) is 9.05. The quantitative estimate of drug-likeness (QED) is 0.135. The van der Waals surface area contributed by atoms with Crippen molar-refractivity contribution >= 4 is 43.4 Å². The molecule has 1 saturated heterocycles. The predicted octanol–water partition coefficient (Wildman–Crippen LogP) is 6.81. The lowest BCUT2D eigenvalue weighted by Crippen LogP contribution is -2.46. The molecule has 0 spiro atoms. The number of alkyl halides is 3. The van der Waals surface area contributed by atoms with Crippen molar-refractivity contribution in [2.75, 3.05) is 28.7 Å². The van der Waals surface area contributed by atoms with Gasteiger partial charge in [0.1, 0.15) is 5.82 Å². The van der Waals surface area contributed by atoms with Gasteiger partial charge in [0, 0.05) is 24.0 Å². The number of aryl methyl sites for hydroxylation is 2. The van der Waals surface area contributed by atoms with Gasteiger partial charge in [-0.05, 0) is 86.6 Å². The van der Waals surface area contributed by atoms with Crippen LogP contribution >= 0.6 is 0 Å². The van der Waals surface area contributed by atoms with Crippen LogP contribution < -0.4 is 10.6 Å². The number of nitrogens with one attached hydrogen (secondary N) is 2. The summed E-state index contributed by atoms with van der Waals surface area (Å²) in [5.74, 6) is -4.37. The zero-order chi connectivity index (χ0) is 38.4. The molecule has 11 nitrogen and oxygen atoms in total. The van der Waals surface area contributed by atoms with E-state index in [4.69, 9.17) is 9.11 Å². The van der Waals surface area contributed by atoms with Crippen molar-refractivity contribution in [1.82, 2.24) is 4.90 Å². The van der Waals surface area contributed by atoms with E-state index in [0.717, 1.165) is 24.6 Å². The number of nitrogens with zero attached hydrogens (tertiary/aromatic N) is 1. The molecule has 0 radical (unpaired) electrons. The van der Waals surface area contributed by atoms with E-state index in [0.29, 0.717) is 36.6 Å². The Hall–Kier alpha value is -4.06. The molecule has 1 heterocycles. The standard InChI is InChI=1S/C33H35F4N3O2.C2H6O6S2/c1-20-12-15-25(19-27(20)33(35,36)37)39-31(41)26-10-6-18-40(32(42)29-21(2)7-5-11-28(29)34)30(26)22-13-16-24(17-14-22)38-23-8-3-4-9-23;3-9(4,5)1-2-10(6,7)8/h5,7,11-17,19,23,26,30,38H,3-4,6,8-10,18H2,1-2H3,(H,39,41);1-2H2,(H,3,4,5)(H,6,7,8)/t26-,30-;/m0./s1. The second-order valence-electron chi connectivity index (χ2n) is 13.0. The molecule has 4 N–H and O–H groups in total. The number of hydrogen-bond acceptors (Lipinski definition) is 7. The number of carbonyl (C=O) groups is 2. The molecule has 17 heteroatoms. The Balaban J connectivity index is 0.000000530. The Labute approximate surface area is 300 Å². The summed E-state index contributed by atoms with van der Waals surface area (Å²) >= 11 is 0. The van der Waals surface area contributed by atoms with Crippen molar-refractivity contribution in [3.8, 4) is 0 Å². The Bertz CT molecular complexity index is 1920. The van der Waals surface area contributed by atoms with Crippen LogP contribution in [0.1, 0.15) is 77.2 Å². The molecular weight excluding hydrogens is 731 g/mol. The third kappa shape index (κ3) is 11.2. The van der Waals surface area contributed by atoms with E-state index in [-0.39, 0.29) is 16.8 Å². The van der Waals surface area contributed by atoms with E-state index in [1.807, 2.05) is 24.3 Å². The van der Waals surface area contributed by atoms with Gasteiger partial charge in [0.2, 0.25) is 5.91 Å². The molecule has 1 saturated carbocycles. The summed E-state index contributed by atoms with van der Waals surface area (Å²) in [6, 6.07) is 15.4. The van der Waals surface area contributed by atoms with Crippen molar-refractivity contribution in [1.29, 1.82) is 0 Å². The summed E-state index contributed by atoms with van der Waals surface area (Å²) in [7, 11) is -8.59. The van der Waals surface area contributed by atoms with E-state index in [1.165, 1.54) is 48.9 Å². The Morgan fingerprint density at radius 3 is 1.98 bits per heavy atom. The SMILES string of the molecule is Cc1ccc(NC(=O)[C@H]2CCCN(C(=O)c3c(C)cccc3F)[C@H]2c2ccc(NC3CCCC3)cc2)cc1C(F)(F)F.O=S(=O)(O)CCS(=O)(=O)O. The first-order valence-corrected chi connectivity index (χ1v) is 19.8. The maximum Gasteiger partial charge on any atom is 0.416 e. The summed E-state index contributed by atoms with van der Waals surface area (Å²) in [5.41, 5.74) is 1.34. The lowest BCUT2D eigenvalue weighted by atomic mass is 9.83. The van der Waals surface area contributed by atoms with Crippen molar-refractivity contribution in [2.24, 2.45) is 5.92 Å². The zero-order valence-corrected chi connectivity index (χ0v) is 30.1. The molecule has 1 aliphatic heterocycles. The van der Waals surface area contributed by atoms with E-state index in [1.54, 1.807) is 13.0 Å². The van der Waals surface area contributed by atoms with Crippen LogP contribution in [-0.2, 0) is 31.2 Å². The highest BCUT2D eigenvalue weighted by Crippen LogP contribution is 2.40. The molecule has 2 atom stereocenters. The van der Waals surface area contributed by atoms with Crippen molar-refractivity contribution < 1.29 is 53.1 Å². The van der Waals surface area contributed by atoms with Crippen LogP contribution in [-0.4, -0.2) is 66.7 Å². The van der Waals surface area contributed by atoms with Gasteiger partial charge < -0.3 is 15.5 Å². The van der Waals surface area contributed by atoms with Gasteiger partial charge in [-0.25, -0.2) is 4.39 Å². The van der Waals surface area contributed by atoms with Crippen molar-refractivity contribution in [2.45, 2.75) is 70.6 Å². The van der Waals surface area contributed by atoms with Gasteiger partial charge in [0.25, 0.3) is 26.1 Å². The second-order valence-corrected chi connectivity index (χ2v) is 16.1. The first-order chi connectivity index (χ1) is 24.2. The number of likely N-dealkylation sites (tertiary alicyclic amines) is 1. The number of hydrogen-bond donors (Lipinski definition) is 4. The maximum absolute atomic E-state index is 14.9. The highest BCUT2D eigenvalue weighted by atomic mass is 32.2. The molecule has 5 rings (SSSR count). The van der Waals surface area contributed by atoms with Crippen molar-refractivity contribution in [3.05, 3.63) is 94.3 Å². The lowest BCUT2D eigenvalue weighted by molar-refractivity contribution is -0.138. The number of rotatable bonds is 9. The number of carbonyl (C=O) groups excluding carboxylic acids is 2. The molecule has 0 aromatic heterocycles. The van der Waals surface area contributed by atoms with Crippen LogP contribution in [0.4, 0.5) is 28.9 Å². The van der Waals surface area contributed by atoms with E-state index < -0.39 is 73.1 Å². The van der Waals surface area contributed by atoms with E-state index >= 15 is 0 Å². The van der Waals surface area contributed by atoms with E-state index in [2.05, 4.69) is 10.6 Å². The fourth-order valence-electron chi connectivity index (χ4n) is 6.49. The van der Waals surface area contributed by atoms with Crippen LogP contribution in [0, 0.1) is 25.6 Å². The monoisotopic (exact) mass is 771 g/mol. The number of halogens is 4. The average Bonchev–Trinajstić information content (AvgIpc) is 3.57. The fraction of sp³-hybridized carbons (Fsp3) is 0.429. The molecular formula is C35H41F4N3O8S2. The van der Waals surface area contributed by atoms with Crippen LogP contribution in [0.5, 0.6) is 0 Å². The minimum absolute atomic E-state index is 0.0289. The Kier molecular flexibility index (Phi) is 13.1.